The summed E-state index contributed by atoms with van der Waals surface area (Å²) in [6.07, 6.45) is -4.42. The molecule has 0 saturated heterocycles. The Morgan fingerprint density at radius 3 is 2.19 bits per heavy atom. The molecule has 0 aliphatic heterocycles. The van der Waals surface area contributed by atoms with E-state index in [9.17, 15) is 27.9 Å². The molecule has 0 aliphatic carbocycles. The second-order valence-electron chi connectivity index (χ2n) is 9.40. The third-order valence-corrected chi connectivity index (χ3v) is 5.31. The van der Waals surface area contributed by atoms with Crippen LogP contribution < -0.4 is 4.74 Å². The lowest BCUT2D eigenvalue weighted by molar-refractivity contribution is -0.139. The van der Waals surface area contributed by atoms with E-state index >= 15 is 0 Å². The number of carboxylic acid groups (broad SMARTS) is 1. The number of carboxylic acids is 1. The molecule has 0 unspecified atom stereocenters. The molecule has 0 saturated carbocycles. The maximum absolute atomic E-state index is 13.3. The van der Waals surface area contributed by atoms with E-state index < -0.39 is 40.6 Å². The molecular formula is C28H27F3O6. The zero-order chi connectivity index (χ0) is 27.4. The van der Waals surface area contributed by atoms with Gasteiger partial charge in [0.15, 0.2) is 0 Å². The third-order valence-electron chi connectivity index (χ3n) is 5.31. The van der Waals surface area contributed by atoms with Crippen LogP contribution in [-0.4, -0.2) is 27.8 Å². The lowest BCUT2D eigenvalue weighted by atomic mass is 10.0. The van der Waals surface area contributed by atoms with E-state index in [0.717, 1.165) is 22.8 Å². The summed E-state index contributed by atoms with van der Waals surface area (Å²) in [6.45, 7) is 4.41. The number of aliphatic carboxylic acids is 1. The smallest absolute Gasteiger partial charge is 0.419 e. The standard InChI is InChI=1S/C28H27F3O6/c1-27(2,3)37-26(35)24-20(10-13-22(25(24)34)28(29,30)31)16-36-21-11-8-18(9-12-21)19-6-4-5-17(15-19)7-14-23(32)33/h4-6,8-13,15,34H,7,14,16H2,1-3H3,(H,32,33). The number of esters is 1. The number of aryl methyl sites for hydroxylation is 1. The summed E-state index contributed by atoms with van der Waals surface area (Å²) in [5.74, 6) is -2.78. The Hall–Kier alpha value is -4.01. The monoisotopic (exact) mass is 516 g/mol. The first-order chi connectivity index (χ1) is 17.2. The van der Waals surface area contributed by atoms with Crippen molar-refractivity contribution in [3.05, 3.63) is 82.9 Å². The van der Waals surface area contributed by atoms with E-state index in [4.69, 9.17) is 14.6 Å². The molecule has 6 nitrogen and oxygen atoms in total. The van der Waals surface area contributed by atoms with Crippen LogP contribution in [0.2, 0.25) is 0 Å². The van der Waals surface area contributed by atoms with Crippen molar-refractivity contribution in [3.8, 4) is 22.6 Å². The number of carbonyl (C=O) groups is 2. The predicted octanol–water partition coefficient (Wildman–Crippen LogP) is 6.63. The van der Waals surface area contributed by atoms with Crippen LogP contribution in [0.5, 0.6) is 11.5 Å². The summed E-state index contributed by atoms with van der Waals surface area (Å²) in [7, 11) is 0. The van der Waals surface area contributed by atoms with Crippen molar-refractivity contribution < 1.29 is 42.4 Å². The van der Waals surface area contributed by atoms with Crippen LogP contribution in [0, 0.1) is 0 Å². The number of ether oxygens (including phenoxy) is 2. The Morgan fingerprint density at radius 2 is 1.59 bits per heavy atom. The maximum atomic E-state index is 13.3. The van der Waals surface area contributed by atoms with Crippen molar-refractivity contribution in [1.82, 2.24) is 0 Å². The van der Waals surface area contributed by atoms with Gasteiger partial charge in [0.2, 0.25) is 0 Å². The average Bonchev–Trinajstić information content (AvgIpc) is 2.80. The van der Waals surface area contributed by atoms with Crippen LogP contribution in [0.3, 0.4) is 0 Å². The number of rotatable bonds is 8. The van der Waals surface area contributed by atoms with Crippen LogP contribution in [0.15, 0.2) is 60.7 Å². The number of hydrogen-bond acceptors (Lipinski definition) is 5. The van der Waals surface area contributed by atoms with Gasteiger partial charge in [-0.25, -0.2) is 4.79 Å². The quantitative estimate of drug-likeness (QED) is 0.327. The number of benzene rings is 3. The minimum absolute atomic E-state index is 0.0288. The first-order valence-electron chi connectivity index (χ1n) is 11.4. The fraction of sp³-hybridized carbons (Fsp3) is 0.286. The number of phenols is 1. The normalized spacial score (nSPS) is 11.7. The van der Waals surface area contributed by atoms with Gasteiger partial charge in [-0.15, -0.1) is 0 Å². The Labute approximate surface area is 212 Å². The molecule has 9 heteroatoms. The topological polar surface area (TPSA) is 93.1 Å². The fourth-order valence-electron chi connectivity index (χ4n) is 3.60. The molecule has 0 bridgehead atoms. The Balaban J connectivity index is 1.81. The zero-order valence-corrected chi connectivity index (χ0v) is 20.6. The van der Waals surface area contributed by atoms with E-state index in [1.165, 1.54) is 0 Å². The van der Waals surface area contributed by atoms with Crippen molar-refractivity contribution in [2.75, 3.05) is 0 Å². The molecule has 0 radical (unpaired) electrons. The molecule has 196 valence electrons. The minimum Gasteiger partial charge on any atom is -0.506 e. The highest BCUT2D eigenvalue weighted by Gasteiger charge is 2.37. The molecule has 0 atom stereocenters. The minimum atomic E-state index is -4.86. The second kappa shape index (κ2) is 10.9. The highest BCUT2D eigenvalue weighted by atomic mass is 19.4. The largest absolute Gasteiger partial charge is 0.506 e. The van der Waals surface area contributed by atoms with Crippen LogP contribution in [0.25, 0.3) is 11.1 Å². The summed E-state index contributed by atoms with van der Waals surface area (Å²) in [5, 5.41) is 19.2. The number of halogens is 3. The van der Waals surface area contributed by atoms with Gasteiger partial charge in [-0.3, -0.25) is 4.79 Å². The van der Waals surface area contributed by atoms with E-state index in [1.807, 2.05) is 24.3 Å². The molecule has 0 heterocycles. The summed E-state index contributed by atoms with van der Waals surface area (Å²) in [6, 6.07) is 16.1. The molecule has 0 aliphatic rings. The first kappa shape index (κ1) is 27.6. The summed E-state index contributed by atoms with van der Waals surface area (Å²) < 4.78 is 50.9. The van der Waals surface area contributed by atoms with Gasteiger partial charge in [0.1, 0.15) is 29.3 Å². The van der Waals surface area contributed by atoms with Crippen LogP contribution in [-0.2, 0) is 28.7 Å². The molecular weight excluding hydrogens is 489 g/mol. The van der Waals surface area contributed by atoms with E-state index in [1.54, 1.807) is 45.0 Å². The fourth-order valence-corrected chi connectivity index (χ4v) is 3.60. The molecule has 2 N–H and O–H groups in total. The molecule has 3 aromatic carbocycles. The first-order valence-corrected chi connectivity index (χ1v) is 11.4. The van der Waals surface area contributed by atoms with Crippen molar-refractivity contribution in [2.24, 2.45) is 0 Å². The maximum Gasteiger partial charge on any atom is 0.419 e. The second-order valence-corrected chi connectivity index (χ2v) is 9.40. The van der Waals surface area contributed by atoms with Gasteiger partial charge in [-0.05, 0) is 62.1 Å². The molecule has 0 amide bonds. The number of aromatic hydroxyl groups is 1. The molecule has 37 heavy (non-hydrogen) atoms. The van der Waals surface area contributed by atoms with Gasteiger partial charge in [0.05, 0.1) is 5.56 Å². The van der Waals surface area contributed by atoms with Gasteiger partial charge in [-0.2, -0.15) is 13.2 Å². The van der Waals surface area contributed by atoms with Crippen LogP contribution >= 0.6 is 0 Å². The summed E-state index contributed by atoms with van der Waals surface area (Å²) in [5.41, 5.74) is -0.268. The molecule has 0 spiro atoms. The summed E-state index contributed by atoms with van der Waals surface area (Å²) in [4.78, 5) is 23.5. The van der Waals surface area contributed by atoms with Gasteiger partial charge in [0, 0.05) is 12.0 Å². The number of hydrogen-bond donors (Lipinski definition) is 2. The van der Waals surface area contributed by atoms with Crippen molar-refractivity contribution in [1.29, 1.82) is 0 Å². The van der Waals surface area contributed by atoms with Crippen molar-refractivity contribution in [3.63, 3.8) is 0 Å². The summed E-state index contributed by atoms with van der Waals surface area (Å²) >= 11 is 0. The molecule has 0 fully saturated rings. The molecule has 3 aromatic rings. The number of alkyl halides is 3. The van der Waals surface area contributed by atoms with Gasteiger partial charge < -0.3 is 19.7 Å². The van der Waals surface area contributed by atoms with E-state index in [0.29, 0.717) is 18.2 Å². The Morgan fingerprint density at radius 1 is 0.919 bits per heavy atom. The highest BCUT2D eigenvalue weighted by Crippen LogP contribution is 2.39. The number of carbonyl (C=O) groups excluding carboxylic acids is 1. The molecule has 0 aromatic heterocycles. The predicted molar refractivity (Wildman–Crippen MR) is 130 cm³/mol. The van der Waals surface area contributed by atoms with Crippen LogP contribution in [0.4, 0.5) is 13.2 Å². The SMILES string of the molecule is CC(C)(C)OC(=O)c1c(COc2ccc(-c3cccc(CCC(=O)O)c3)cc2)ccc(C(F)(F)F)c1O. The van der Waals surface area contributed by atoms with E-state index in [2.05, 4.69) is 0 Å². The van der Waals surface area contributed by atoms with E-state index in [-0.39, 0.29) is 18.6 Å². The average molecular weight is 517 g/mol. The van der Waals surface area contributed by atoms with Gasteiger partial charge in [0.25, 0.3) is 0 Å². The van der Waals surface area contributed by atoms with Gasteiger partial charge in [-0.1, -0.05) is 42.5 Å². The van der Waals surface area contributed by atoms with Crippen LogP contribution in [0.1, 0.15) is 54.2 Å². The third kappa shape index (κ3) is 7.49. The van der Waals surface area contributed by atoms with Gasteiger partial charge >= 0.3 is 18.1 Å². The highest BCUT2D eigenvalue weighted by molar-refractivity contribution is 5.95. The lowest BCUT2D eigenvalue weighted by Gasteiger charge is -2.22. The Bertz CT molecular complexity index is 1270. The Kier molecular flexibility index (Phi) is 8.15. The lowest BCUT2D eigenvalue weighted by Crippen LogP contribution is -2.25. The van der Waals surface area contributed by atoms with Crippen molar-refractivity contribution in [2.45, 2.75) is 52.0 Å². The van der Waals surface area contributed by atoms with Crippen molar-refractivity contribution >= 4 is 11.9 Å². The zero-order valence-electron chi connectivity index (χ0n) is 20.6. The molecule has 3 rings (SSSR count). The number of phenolic OH excluding ortho intramolecular Hbond substituents is 1.